The highest BCUT2D eigenvalue weighted by atomic mass is 16.5. The van der Waals surface area contributed by atoms with Crippen molar-refractivity contribution in [2.24, 2.45) is 5.41 Å². The molecule has 0 bridgehead atoms. The van der Waals surface area contributed by atoms with Gasteiger partial charge in [0, 0.05) is 18.5 Å². The van der Waals surface area contributed by atoms with E-state index in [1.54, 1.807) is 0 Å². The predicted octanol–water partition coefficient (Wildman–Crippen LogP) is 2.89. The summed E-state index contributed by atoms with van der Waals surface area (Å²) in [5.41, 5.74) is 1.27. The molecule has 2 aromatic carbocycles. The standard InChI is InChI=1S/C18H23NO2/c1-2-18(12-21-13-18)11-19-10-17(20)16-9-5-7-14-6-3-4-8-15(14)16/h3-9,17,19-20H,2,10-13H2,1H3/t17-/m0/s1. The summed E-state index contributed by atoms with van der Waals surface area (Å²) in [6.45, 7) is 5.36. The molecule has 2 N–H and O–H groups in total. The van der Waals surface area contributed by atoms with Crippen LogP contribution in [0.3, 0.4) is 0 Å². The van der Waals surface area contributed by atoms with E-state index in [2.05, 4.69) is 30.4 Å². The maximum Gasteiger partial charge on any atom is 0.0920 e. The Labute approximate surface area is 125 Å². The minimum absolute atomic E-state index is 0.276. The van der Waals surface area contributed by atoms with Crippen molar-refractivity contribution in [1.82, 2.24) is 5.32 Å². The number of hydrogen-bond acceptors (Lipinski definition) is 3. The molecule has 0 radical (unpaired) electrons. The molecule has 0 amide bonds. The van der Waals surface area contributed by atoms with Crippen LogP contribution in [0.5, 0.6) is 0 Å². The summed E-state index contributed by atoms with van der Waals surface area (Å²) in [6, 6.07) is 14.3. The predicted molar refractivity (Wildman–Crippen MR) is 85.3 cm³/mol. The second kappa shape index (κ2) is 6.14. The van der Waals surface area contributed by atoms with E-state index in [0.717, 1.165) is 37.1 Å². The molecule has 1 atom stereocenters. The van der Waals surface area contributed by atoms with Gasteiger partial charge < -0.3 is 15.2 Å². The maximum atomic E-state index is 10.5. The number of rotatable bonds is 6. The normalized spacial score (nSPS) is 18.4. The van der Waals surface area contributed by atoms with Gasteiger partial charge in [-0.1, -0.05) is 49.4 Å². The molecule has 1 fully saturated rings. The first-order chi connectivity index (χ1) is 10.2. The van der Waals surface area contributed by atoms with E-state index in [1.165, 1.54) is 5.39 Å². The average Bonchev–Trinajstić information content (AvgIpc) is 2.49. The highest BCUT2D eigenvalue weighted by molar-refractivity contribution is 5.85. The van der Waals surface area contributed by atoms with Gasteiger partial charge in [0.15, 0.2) is 0 Å². The minimum atomic E-state index is -0.481. The van der Waals surface area contributed by atoms with Crippen LogP contribution in [0.25, 0.3) is 10.8 Å². The van der Waals surface area contributed by atoms with Crippen LogP contribution in [-0.4, -0.2) is 31.4 Å². The molecule has 112 valence electrons. The van der Waals surface area contributed by atoms with Gasteiger partial charge >= 0.3 is 0 Å². The van der Waals surface area contributed by atoms with Gasteiger partial charge in [-0.05, 0) is 22.8 Å². The molecule has 0 spiro atoms. The largest absolute Gasteiger partial charge is 0.387 e. The fourth-order valence-corrected chi connectivity index (χ4v) is 2.95. The summed E-state index contributed by atoms with van der Waals surface area (Å²) in [4.78, 5) is 0. The number of nitrogens with one attached hydrogen (secondary N) is 1. The lowest BCUT2D eigenvalue weighted by Gasteiger charge is -2.41. The Hall–Kier alpha value is -1.42. The molecule has 0 saturated carbocycles. The third kappa shape index (κ3) is 2.95. The number of hydrogen-bond donors (Lipinski definition) is 2. The van der Waals surface area contributed by atoms with Gasteiger partial charge in [-0.25, -0.2) is 0 Å². The number of fused-ring (bicyclic) bond motifs is 1. The van der Waals surface area contributed by atoms with Crippen molar-refractivity contribution >= 4 is 10.8 Å². The summed E-state index contributed by atoms with van der Waals surface area (Å²) < 4.78 is 5.33. The molecule has 1 heterocycles. The minimum Gasteiger partial charge on any atom is -0.387 e. The Bertz CT molecular complexity index is 596. The Morgan fingerprint density at radius 2 is 1.95 bits per heavy atom. The van der Waals surface area contributed by atoms with Crippen LogP contribution in [0.1, 0.15) is 25.0 Å². The summed E-state index contributed by atoms with van der Waals surface area (Å²) in [6.07, 6.45) is 0.635. The van der Waals surface area contributed by atoms with E-state index in [9.17, 15) is 5.11 Å². The zero-order valence-corrected chi connectivity index (χ0v) is 12.5. The lowest BCUT2D eigenvalue weighted by Crippen LogP contribution is -2.49. The van der Waals surface area contributed by atoms with Gasteiger partial charge in [0.05, 0.1) is 19.3 Å². The molecular weight excluding hydrogens is 262 g/mol. The number of benzene rings is 2. The van der Waals surface area contributed by atoms with Gasteiger partial charge in [0.25, 0.3) is 0 Å². The topological polar surface area (TPSA) is 41.5 Å². The lowest BCUT2D eigenvalue weighted by atomic mass is 9.83. The number of ether oxygens (including phenoxy) is 1. The summed E-state index contributed by atoms with van der Waals surface area (Å²) in [5.74, 6) is 0. The third-order valence-electron chi connectivity index (χ3n) is 4.59. The van der Waals surface area contributed by atoms with Gasteiger partial charge in [0.1, 0.15) is 0 Å². The highest BCUT2D eigenvalue weighted by Crippen LogP contribution is 2.30. The highest BCUT2D eigenvalue weighted by Gasteiger charge is 2.36. The average molecular weight is 285 g/mol. The van der Waals surface area contributed by atoms with Gasteiger partial charge in [-0.3, -0.25) is 0 Å². The van der Waals surface area contributed by atoms with E-state index in [0.29, 0.717) is 6.54 Å². The second-order valence-electron chi connectivity index (χ2n) is 6.06. The zero-order chi connectivity index (χ0) is 14.7. The Balaban J connectivity index is 1.65. The molecule has 21 heavy (non-hydrogen) atoms. The van der Waals surface area contributed by atoms with Crippen LogP contribution >= 0.6 is 0 Å². The molecule has 0 aliphatic carbocycles. The molecule has 1 saturated heterocycles. The maximum absolute atomic E-state index is 10.5. The van der Waals surface area contributed by atoms with Crippen LogP contribution in [0.15, 0.2) is 42.5 Å². The quantitative estimate of drug-likeness (QED) is 0.857. The van der Waals surface area contributed by atoms with Crippen molar-refractivity contribution in [3.05, 3.63) is 48.0 Å². The number of aliphatic hydroxyl groups is 1. The van der Waals surface area contributed by atoms with Crippen molar-refractivity contribution < 1.29 is 9.84 Å². The van der Waals surface area contributed by atoms with E-state index in [-0.39, 0.29) is 5.41 Å². The fraction of sp³-hybridized carbons (Fsp3) is 0.444. The van der Waals surface area contributed by atoms with Crippen LogP contribution in [0, 0.1) is 5.41 Å². The molecular formula is C18H23NO2. The van der Waals surface area contributed by atoms with E-state index in [1.807, 2.05) is 24.3 Å². The third-order valence-corrected chi connectivity index (χ3v) is 4.59. The van der Waals surface area contributed by atoms with Crippen LogP contribution in [0.2, 0.25) is 0 Å². The molecule has 3 heteroatoms. The Morgan fingerprint density at radius 3 is 2.67 bits per heavy atom. The smallest absolute Gasteiger partial charge is 0.0920 e. The summed E-state index contributed by atoms with van der Waals surface area (Å²) in [5, 5.41) is 16.2. The Kier molecular flexibility index (Phi) is 4.24. The van der Waals surface area contributed by atoms with Crippen molar-refractivity contribution in [2.75, 3.05) is 26.3 Å². The zero-order valence-electron chi connectivity index (χ0n) is 12.5. The molecule has 0 unspecified atom stereocenters. The molecule has 1 aliphatic rings. The molecule has 3 rings (SSSR count). The Morgan fingerprint density at radius 1 is 1.19 bits per heavy atom. The molecule has 2 aromatic rings. The van der Waals surface area contributed by atoms with Crippen molar-refractivity contribution in [1.29, 1.82) is 0 Å². The summed E-state index contributed by atoms with van der Waals surface area (Å²) in [7, 11) is 0. The van der Waals surface area contributed by atoms with Gasteiger partial charge in [0.2, 0.25) is 0 Å². The number of aliphatic hydroxyl groups excluding tert-OH is 1. The molecule has 3 nitrogen and oxygen atoms in total. The van der Waals surface area contributed by atoms with Crippen molar-refractivity contribution in [3.63, 3.8) is 0 Å². The van der Waals surface area contributed by atoms with Crippen molar-refractivity contribution in [2.45, 2.75) is 19.4 Å². The van der Waals surface area contributed by atoms with Gasteiger partial charge in [-0.2, -0.15) is 0 Å². The first kappa shape index (κ1) is 14.5. The molecule has 0 aromatic heterocycles. The first-order valence-electron chi connectivity index (χ1n) is 7.68. The van der Waals surface area contributed by atoms with Crippen LogP contribution in [-0.2, 0) is 4.74 Å². The first-order valence-corrected chi connectivity index (χ1v) is 7.68. The van der Waals surface area contributed by atoms with Gasteiger partial charge in [-0.15, -0.1) is 0 Å². The van der Waals surface area contributed by atoms with E-state index in [4.69, 9.17) is 4.74 Å². The SMILES string of the molecule is CCC1(CNC[C@H](O)c2cccc3ccccc23)COC1. The van der Waals surface area contributed by atoms with Crippen LogP contribution < -0.4 is 5.32 Å². The van der Waals surface area contributed by atoms with Crippen LogP contribution in [0.4, 0.5) is 0 Å². The van der Waals surface area contributed by atoms with E-state index >= 15 is 0 Å². The monoisotopic (exact) mass is 285 g/mol. The van der Waals surface area contributed by atoms with E-state index < -0.39 is 6.10 Å². The lowest BCUT2D eigenvalue weighted by molar-refractivity contribution is -0.113. The fourth-order valence-electron chi connectivity index (χ4n) is 2.95. The summed E-state index contributed by atoms with van der Waals surface area (Å²) >= 11 is 0. The van der Waals surface area contributed by atoms with Crippen molar-refractivity contribution in [3.8, 4) is 0 Å². The molecule has 1 aliphatic heterocycles. The second-order valence-corrected chi connectivity index (χ2v) is 6.06.